The van der Waals surface area contributed by atoms with E-state index >= 15 is 0 Å². The molecular formula is C24H29ClN6O. The van der Waals surface area contributed by atoms with Gasteiger partial charge in [0.25, 0.3) is 0 Å². The summed E-state index contributed by atoms with van der Waals surface area (Å²) in [5, 5.41) is 10.9. The Morgan fingerprint density at radius 3 is 2.75 bits per heavy atom. The Kier molecular flexibility index (Phi) is 7.39. The zero-order valence-corrected chi connectivity index (χ0v) is 19.1. The van der Waals surface area contributed by atoms with E-state index in [2.05, 4.69) is 38.7 Å². The van der Waals surface area contributed by atoms with Crippen LogP contribution in [0.25, 0.3) is 5.69 Å². The van der Waals surface area contributed by atoms with E-state index in [0.29, 0.717) is 22.4 Å². The minimum atomic E-state index is -0.163. The standard InChI is InChI=1S/C24H29ClN6O/c1-30(20-8-3-2-4-9-20)15-18-7-5-6-10-21(18)27-14-24(32)29-22-13-19(25)11-12-23(22)31-17-26-16-28-31/h5-7,10-13,16-17,20,27H,2-4,8-9,14-15H2,1H3,(H,29,32). The van der Waals surface area contributed by atoms with Crippen molar-refractivity contribution in [2.75, 3.05) is 24.2 Å². The molecule has 2 N–H and O–H groups in total. The van der Waals surface area contributed by atoms with E-state index in [0.717, 1.165) is 12.2 Å². The first-order chi connectivity index (χ1) is 15.6. The first-order valence-corrected chi connectivity index (χ1v) is 11.4. The van der Waals surface area contributed by atoms with Crippen LogP contribution in [0, 0.1) is 0 Å². The molecule has 0 spiro atoms. The number of benzene rings is 2. The Labute approximate surface area is 193 Å². The molecule has 2 aromatic carbocycles. The molecule has 1 saturated carbocycles. The molecule has 0 bridgehead atoms. The number of nitrogens with zero attached hydrogens (tertiary/aromatic N) is 4. The van der Waals surface area contributed by atoms with Crippen molar-refractivity contribution in [2.45, 2.75) is 44.7 Å². The molecule has 1 aliphatic rings. The van der Waals surface area contributed by atoms with E-state index < -0.39 is 0 Å². The minimum absolute atomic E-state index is 0.146. The Bertz CT molecular complexity index is 1030. The zero-order valence-electron chi connectivity index (χ0n) is 18.3. The van der Waals surface area contributed by atoms with Crippen molar-refractivity contribution in [2.24, 2.45) is 0 Å². The Morgan fingerprint density at radius 2 is 1.97 bits per heavy atom. The fourth-order valence-corrected chi connectivity index (χ4v) is 4.43. The fraction of sp³-hybridized carbons (Fsp3) is 0.375. The first-order valence-electron chi connectivity index (χ1n) is 11.1. The van der Waals surface area contributed by atoms with Gasteiger partial charge in [-0.15, -0.1) is 0 Å². The summed E-state index contributed by atoms with van der Waals surface area (Å²) >= 11 is 6.15. The van der Waals surface area contributed by atoms with Gasteiger partial charge in [0.05, 0.1) is 17.9 Å². The SMILES string of the molecule is CN(Cc1ccccc1NCC(=O)Nc1cc(Cl)ccc1-n1cncn1)C1CCCCC1. The van der Waals surface area contributed by atoms with Gasteiger partial charge in [-0.1, -0.05) is 49.1 Å². The topological polar surface area (TPSA) is 75.1 Å². The van der Waals surface area contributed by atoms with Crippen molar-refractivity contribution in [3.05, 3.63) is 65.7 Å². The first kappa shape index (κ1) is 22.3. The molecule has 1 amide bonds. The molecule has 32 heavy (non-hydrogen) atoms. The van der Waals surface area contributed by atoms with Crippen LogP contribution >= 0.6 is 11.6 Å². The molecule has 4 rings (SSSR count). The predicted octanol–water partition coefficient (Wildman–Crippen LogP) is 4.74. The van der Waals surface area contributed by atoms with Crippen molar-refractivity contribution in [3.8, 4) is 5.69 Å². The smallest absolute Gasteiger partial charge is 0.243 e. The zero-order chi connectivity index (χ0) is 22.3. The number of nitrogens with one attached hydrogen (secondary N) is 2. The maximum Gasteiger partial charge on any atom is 0.243 e. The van der Waals surface area contributed by atoms with Gasteiger partial charge in [-0.05, 0) is 49.7 Å². The number of anilines is 2. The molecule has 7 nitrogen and oxygen atoms in total. The van der Waals surface area contributed by atoms with Crippen LogP contribution in [-0.2, 0) is 11.3 Å². The van der Waals surface area contributed by atoms with Gasteiger partial charge in [-0.25, -0.2) is 9.67 Å². The summed E-state index contributed by atoms with van der Waals surface area (Å²) in [6.07, 6.45) is 9.54. The van der Waals surface area contributed by atoms with Crippen molar-refractivity contribution >= 4 is 28.9 Å². The highest BCUT2D eigenvalue weighted by Crippen LogP contribution is 2.26. The second kappa shape index (κ2) is 10.6. The van der Waals surface area contributed by atoms with Crippen LogP contribution < -0.4 is 10.6 Å². The monoisotopic (exact) mass is 452 g/mol. The lowest BCUT2D eigenvalue weighted by atomic mass is 9.94. The summed E-state index contributed by atoms with van der Waals surface area (Å²) in [5.41, 5.74) is 3.46. The molecule has 1 aliphatic carbocycles. The molecule has 0 saturated heterocycles. The minimum Gasteiger partial charge on any atom is -0.376 e. The molecular weight excluding hydrogens is 424 g/mol. The molecule has 3 aromatic rings. The van der Waals surface area contributed by atoms with E-state index in [4.69, 9.17) is 11.6 Å². The lowest BCUT2D eigenvalue weighted by Gasteiger charge is -2.31. The molecule has 1 fully saturated rings. The number of hydrogen-bond donors (Lipinski definition) is 2. The predicted molar refractivity (Wildman–Crippen MR) is 128 cm³/mol. The van der Waals surface area contributed by atoms with Crippen molar-refractivity contribution in [1.29, 1.82) is 0 Å². The van der Waals surface area contributed by atoms with Gasteiger partial charge in [0, 0.05) is 23.3 Å². The number of rotatable bonds is 8. The van der Waals surface area contributed by atoms with E-state index in [1.807, 2.05) is 18.2 Å². The molecule has 0 unspecified atom stereocenters. The van der Waals surface area contributed by atoms with Gasteiger partial charge in [-0.3, -0.25) is 9.69 Å². The highest BCUT2D eigenvalue weighted by molar-refractivity contribution is 6.31. The maximum absolute atomic E-state index is 12.7. The lowest BCUT2D eigenvalue weighted by molar-refractivity contribution is -0.114. The van der Waals surface area contributed by atoms with Gasteiger partial charge in [0.2, 0.25) is 5.91 Å². The summed E-state index contributed by atoms with van der Waals surface area (Å²) in [4.78, 5) is 19.1. The van der Waals surface area contributed by atoms with E-state index in [1.165, 1.54) is 44.0 Å². The average molecular weight is 453 g/mol. The van der Waals surface area contributed by atoms with Crippen LogP contribution in [0.5, 0.6) is 0 Å². The number of halogens is 1. The average Bonchev–Trinajstić information content (AvgIpc) is 3.34. The van der Waals surface area contributed by atoms with Crippen LogP contribution in [0.3, 0.4) is 0 Å². The highest BCUT2D eigenvalue weighted by atomic mass is 35.5. The van der Waals surface area contributed by atoms with Crippen molar-refractivity contribution in [1.82, 2.24) is 19.7 Å². The number of amides is 1. The molecule has 0 aliphatic heterocycles. The third kappa shape index (κ3) is 5.66. The Balaban J connectivity index is 1.39. The summed E-state index contributed by atoms with van der Waals surface area (Å²) in [6.45, 7) is 1.01. The van der Waals surface area contributed by atoms with Crippen LogP contribution in [-0.4, -0.2) is 45.2 Å². The van der Waals surface area contributed by atoms with Gasteiger partial charge >= 0.3 is 0 Å². The van der Waals surface area contributed by atoms with Crippen LogP contribution in [0.15, 0.2) is 55.1 Å². The maximum atomic E-state index is 12.7. The molecule has 1 aromatic heterocycles. The summed E-state index contributed by atoms with van der Waals surface area (Å²) in [5.74, 6) is -0.163. The van der Waals surface area contributed by atoms with Gasteiger partial charge in [0.15, 0.2) is 0 Å². The number of aromatic nitrogens is 3. The van der Waals surface area contributed by atoms with Crippen LogP contribution in [0.2, 0.25) is 5.02 Å². The second-order valence-corrected chi connectivity index (χ2v) is 8.70. The lowest BCUT2D eigenvalue weighted by Crippen LogP contribution is -2.33. The number of para-hydroxylation sites is 1. The Morgan fingerprint density at radius 1 is 1.16 bits per heavy atom. The number of carbonyl (C=O) groups is 1. The molecule has 1 heterocycles. The third-order valence-electron chi connectivity index (χ3n) is 5.97. The second-order valence-electron chi connectivity index (χ2n) is 8.27. The molecule has 0 radical (unpaired) electrons. The van der Waals surface area contributed by atoms with Crippen molar-refractivity contribution in [3.63, 3.8) is 0 Å². The van der Waals surface area contributed by atoms with E-state index in [-0.39, 0.29) is 12.5 Å². The number of carbonyl (C=O) groups excluding carboxylic acids is 1. The summed E-state index contributed by atoms with van der Waals surface area (Å²) in [6, 6.07) is 14.1. The summed E-state index contributed by atoms with van der Waals surface area (Å²) < 4.78 is 1.59. The highest BCUT2D eigenvalue weighted by Gasteiger charge is 2.19. The summed E-state index contributed by atoms with van der Waals surface area (Å²) in [7, 11) is 2.20. The van der Waals surface area contributed by atoms with Crippen LogP contribution in [0.4, 0.5) is 11.4 Å². The Hall–Kier alpha value is -2.90. The van der Waals surface area contributed by atoms with Gasteiger partial charge in [-0.2, -0.15) is 5.10 Å². The third-order valence-corrected chi connectivity index (χ3v) is 6.21. The normalized spacial score (nSPS) is 14.5. The fourth-order valence-electron chi connectivity index (χ4n) is 4.26. The van der Waals surface area contributed by atoms with Gasteiger partial charge < -0.3 is 10.6 Å². The molecule has 8 heteroatoms. The quantitative estimate of drug-likeness (QED) is 0.516. The molecule has 168 valence electrons. The van der Waals surface area contributed by atoms with Gasteiger partial charge in [0.1, 0.15) is 12.7 Å². The van der Waals surface area contributed by atoms with Crippen molar-refractivity contribution < 1.29 is 4.79 Å². The largest absolute Gasteiger partial charge is 0.376 e. The van der Waals surface area contributed by atoms with E-state index in [1.54, 1.807) is 29.2 Å². The van der Waals surface area contributed by atoms with Crippen LogP contribution in [0.1, 0.15) is 37.7 Å². The molecule has 0 atom stereocenters. The van der Waals surface area contributed by atoms with E-state index in [9.17, 15) is 4.79 Å². The number of hydrogen-bond acceptors (Lipinski definition) is 5.